The molecule has 5 nitrogen and oxygen atoms in total. The van der Waals surface area contributed by atoms with Crippen LogP contribution in [0.25, 0.3) is 0 Å². The van der Waals surface area contributed by atoms with E-state index in [2.05, 4.69) is 10.3 Å². The first kappa shape index (κ1) is 14.7. The Morgan fingerprint density at radius 2 is 2.10 bits per heavy atom. The standard InChI is InChI=1S/C15H21N3O2S/c1-10-17-11(9-21-10)8-16-13-7-14(19)18(15(13)20)12-5-3-2-4-6-12/h9,12-13,16H,2-8H2,1H3. The first-order valence-corrected chi connectivity index (χ1v) is 8.53. The molecule has 1 unspecified atom stereocenters. The number of aryl methyl sites for hydroxylation is 1. The van der Waals surface area contributed by atoms with Gasteiger partial charge in [-0.25, -0.2) is 4.98 Å². The van der Waals surface area contributed by atoms with E-state index in [4.69, 9.17) is 0 Å². The van der Waals surface area contributed by atoms with Crippen LogP contribution in [-0.2, 0) is 16.1 Å². The largest absolute Gasteiger partial charge is 0.300 e. The molecule has 1 saturated heterocycles. The molecule has 0 aromatic carbocycles. The molecule has 6 heteroatoms. The van der Waals surface area contributed by atoms with E-state index in [1.165, 1.54) is 11.3 Å². The lowest BCUT2D eigenvalue weighted by Gasteiger charge is -2.29. The maximum atomic E-state index is 12.5. The van der Waals surface area contributed by atoms with Gasteiger partial charge in [0, 0.05) is 18.0 Å². The molecule has 2 aliphatic rings. The molecule has 2 fully saturated rings. The lowest BCUT2D eigenvalue weighted by molar-refractivity contribution is -0.142. The van der Waals surface area contributed by atoms with Crippen LogP contribution in [-0.4, -0.2) is 33.8 Å². The molecule has 1 saturated carbocycles. The summed E-state index contributed by atoms with van der Waals surface area (Å²) in [4.78, 5) is 30.5. The Morgan fingerprint density at radius 1 is 1.33 bits per heavy atom. The van der Waals surface area contributed by atoms with Gasteiger partial charge >= 0.3 is 0 Å². The second kappa shape index (κ2) is 6.23. The van der Waals surface area contributed by atoms with Crippen molar-refractivity contribution in [1.82, 2.24) is 15.2 Å². The van der Waals surface area contributed by atoms with Crippen LogP contribution in [0.3, 0.4) is 0 Å². The van der Waals surface area contributed by atoms with E-state index >= 15 is 0 Å². The van der Waals surface area contributed by atoms with E-state index in [-0.39, 0.29) is 23.9 Å². The van der Waals surface area contributed by atoms with Crippen molar-refractivity contribution in [1.29, 1.82) is 0 Å². The number of hydrogen-bond acceptors (Lipinski definition) is 5. The van der Waals surface area contributed by atoms with Crippen molar-refractivity contribution in [3.8, 4) is 0 Å². The van der Waals surface area contributed by atoms with Gasteiger partial charge in [0.15, 0.2) is 0 Å². The van der Waals surface area contributed by atoms with E-state index in [9.17, 15) is 9.59 Å². The number of aromatic nitrogens is 1. The van der Waals surface area contributed by atoms with Gasteiger partial charge in [-0.1, -0.05) is 19.3 Å². The van der Waals surface area contributed by atoms with Crippen molar-refractivity contribution in [3.05, 3.63) is 16.1 Å². The van der Waals surface area contributed by atoms with Crippen LogP contribution in [0.1, 0.15) is 49.2 Å². The second-order valence-corrected chi connectivity index (χ2v) is 6.95. The van der Waals surface area contributed by atoms with Gasteiger partial charge in [-0.2, -0.15) is 0 Å². The summed E-state index contributed by atoms with van der Waals surface area (Å²) in [6, 6.07) is -0.242. The zero-order chi connectivity index (χ0) is 14.8. The summed E-state index contributed by atoms with van der Waals surface area (Å²) in [5.41, 5.74) is 0.939. The minimum Gasteiger partial charge on any atom is -0.300 e. The van der Waals surface area contributed by atoms with E-state index in [1.54, 1.807) is 11.3 Å². The Hall–Kier alpha value is -1.27. The van der Waals surface area contributed by atoms with Gasteiger partial charge in [-0.3, -0.25) is 19.8 Å². The first-order chi connectivity index (χ1) is 10.1. The molecular formula is C15H21N3O2S. The third-order valence-electron chi connectivity index (χ3n) is 4.32. The number of carbonyl (C=O) groups excluding carboxylic acids is 2. The maximum Gasteiger partial charge on any atom is 0.247 e. The summed E-state index contributed by atoms with van der Waals surface area (Å²) in [5, 5.41) is 6.20. The fourth-order valence-corrected chi connectivity index (χ4v) is 3.86. The third kappa shape index (κ3) is 3.16. The summed E-state index contributed by atoms with van der Waals surface area (Å²) in [6.45, 7) is 2.51. The van der Waals surface area contributed by atoms with E-state index in [1.807, 2.05) is 12.3 Å². The number of likely N-dealkylation sites (tertiary alicyclic amines) is 1. The lowest BCUT2D eigenvalue weighted by Crippen LogP contribution is -2.44. The maximum absolute atomic E-state index is 12.5. The Balaban J connectivity index is 1.60. The van der Waals surface area contributed by atoms with E-state index < -0.39 is 0 Å². The minimum atomic E-state index is -0.374. The highest BCUT2D eigenvalue weighted by Gasteiger charge is 2.42. The van der Waals surface area contributed by atoms with Gasteiger partial charge in [0.25, 0.3) is 0 Å². The summed E-state index contributed by atoms with van der Waals surface area (Å²) in [6.07, 6.45) is 5.69. The molecule has 0 bridgehead atoms. The third-order valence-corrected chi connectivity index (χ3v) is 5.14. The number of nitrogens with zero attached hydrogens (tertiary/aromatic N) is 2. The van der Waals surface area contributed by atoms with Crippen molar-refractivity contribution in [2.24, 2.45) is 0 Å². The monoisotopic (exact) mass is 307 g/mol. The number of thiazole rings is 1. The Kier molecular flexibility index (Phi) is 4.35. The van der Waals surface area contributed by atoms with Crippen LogP contribution in [0.4, 0.5) is 0 Å². The number of amides is 2. The number of imide groups is 1. The molecule has 1 aromatic heterocycles. The van der Waals surface area contributed by atoms with Crippen molar-refractivity contribution in [2.45, 2.75) is 64.1 Å². The molecule has 1 N–H and O–H groups in total. The molecule has 2 heterocycles. The average Bonchev–Trinajstić information content (AvgIpc) is 3.01. The predicted octanol–water partition coefficient (Wildman–Crippen LogP) is 2.00. The summed E-state index contributed by atoms with van der Waals surface area (Å²) >= 11 is 1.60. The number of rotatable bonds is 4. The summed E-state index contributed by atoms with van der Waals surface area (Å²) in [7, 11) is 0. The minimum absolute atomic E-state index is 0.0149. The van der Waals surface area contributed by atoms with Crippen molar-refractivity contribution < 1.29 is 9.59 Å². The fraction of sp³-hybridized carbons (Fsp3) is 0.667. The molecule has 1 aromatic rings. The molecule has 0 spiro atoms. The zero-order valence-corrected chi connectivity index (χ0v) is 13.1. The van der Waals surface area contributed by atoms with Crippen molar-refractivity contribution in [3.63, 3.8) is 0 Å². The van der Waals surface area contributed by atoms with Crippen molar-refractivity contribution in [2.75, 3.05) is 0 Å². The van der Waals surface area contributed by atoms with Gasteiger partial charge < -0.3 is 0 Å². The van der Waals surface area contributed by atoms with E-state index in [0.29, 0.717) is 13.0 Å². The molecule has 1 aliphatic carbocycles. The van der Waals surface area contributed by atoms with Gasteiger partial charge in [0.1, 0.15) is 0 Å². The second-order valence-electron chi connectivity index (χ2n) is 5.89. The molecule has 2 amide bonds. The number of hydrogen-bond donors (Lipinski definition) is 1. The van der Waals surface area contributed by atoms with Crippen LogP contribution < -0.4 is 5.32 Å². The van der Waals surface area contributed by atoms with Crippen LogP contribution in [0, 0.1) is 6.92 Å². The van der Waals surface area contributed by atoms with E-state index in [0.717, 1.165) is 36.4 Å². The molecule has 0 radical (unpaired) electrons. The highest BCUT2D eigenvalue weighted by atomic mass is 32.1. The Morgan fingerprint density at radius 3 is 2.76 bits per heavy atom. The average molecular weight is 307 g/mol. The fourth-order valence-electron chi connectivity index (χ4n) is 3.25. The molecule has 1 atom stereocenters. The Labute approximate surface area is 128 Å². The quantitative estimate of drug-likeness (QED) is 0.864. The smallest absolute Gasteiger partial charge is 0.247 e. The highest BCUT2D eigenvalue weighted by molar-refractivity contribution is 7.09. The predicted molar refractivity (Wildman–Crippen MR) is 80.8 cm³/mol. The summed E-state index contributed by atoms with van der Waals surface area (Å²) in [5.74, 6) is -0.0577. The normalized spacial score (nSPS) is 24.0. The molecule has 1 aliphatic heterocycles. The Bertz CT molecular complexity index is 537. The molecular weight excluding hydrogens is 286 g/mol. The SMILES string of the molecule is Cc1nc(CNC2CC(=O)N(C3CCCCC3)C2=O)cs1. The van der Waals surface area contributed by atoms with Gasteiger partial charge in [-0.15, -0.1) is 11.3 Å². The highest BCUT2D eigenvalue weighted by Crippen LogP contribution is 2.27. The molecule has 3 rings (SSSR count). The van der Waals surface area contributed by atoms with Crippen LogP contribution in [0.2, 0.25) is 0 Å². The number of nitrogens with one attached hydrogen (secondary N) is 1. The van der Waals surface area contributed by atoms with Crippen LogP contribution in [0.5, 0.6) is 0 Å². The van der Waals surface area contributed by atoms with Gasteiger partial charge in [-0.05, 0) is 19.8 Å². The number of carbonyl (C=O) groups is 2. The van der Waals surface area contributed by atoms with Crippen LogP contribution >= 0.6 is 11.3 Å². The zero-order valence-electron chi connectivity index (χ0n) is 12.3. The van der Waals surface area contributed by atoms with Crippen molar-refractivity contribution >= 4 is 23.2 Å². The van der Waals surface area contributed by atoms with Gasteiger partial charge in [0.2, 0.25) is 11.8 Å². The molecule has 114 valence electrons. The lowest BCUT2D eigenvalue weighted by atomic mass is 9.94. The topological polar surface area (TPSA) is 62.3 Å². The summed E-state index contributed by atoms with van der Waals surface area (Å²) < 4.78 is 0. The van der Waals surface area contributed by atoms with Crippen LogP contribution in [0.15, 0.2) is 5.38 Å². The van der Waals surface area contributed by atoms with Gasteiger partial charge in [0.05, 0.1) is 23.2 Å². The first-order valence-electron chi connectivity index (χ1n) is 7.65. The molecule has 21 heavy (non-hydrogen) atoms.